The Kier molecular flexibility index (Phi) is 6.23. The highest BCUT2D eigenvalue weighted by molar-refractivity contribution is 5.94. The van der Waals surface area contributed by atoms with Crippen LogP contribution in [0.4, 0.5) is 8.78 Å². The summed E-state index contributed by atoms with van der Waals surface area (Å²) in [6.07, 6.45) is 1.98. The molecule has 0 N–H and O–H groups in total. The highest BCUT2D eigenvalue weighted by Crippen LogP contribution is 2.37. The van der Waals surface area contributed by atoms with E-state index in [0.717, 1.165) is 38.0 Å². The molecule has 0 aromatic heterocycles. The Balaban J connectivity index is 1.38. The largest absolute Gasteiger partial charge is 0.335 e. The zero-order valence-electron chi connectivity index (χ0n) is 18.5. The molecule has 0 radical (unpaired) electrons. The minimum atomic E-state index is -0.393. The smallest absolute Gasteiger partial charge is 0.254 e. The summed E-state index contributed by atoms with van der Waals surface area (Å²) in [7, 11) is 0. The summed E-state index contributed by atoms with van der Waals surface area (Å²) in [6, 6.07) is 23.3. The van der Waals surface area contributed by atoms with Crippen molar-refractivity contribution in [3.05, 3.63) is 107 Å². The van der Waals surface area contributed by atoms with Gasteiger partial charge in [-0.3, -0.25) is 9.69 Å². The Morgan fingerprint density at radius 1 is 0.879 bits per heavy atom. The van der Waals surface area contributed by atoms with E-state index < -0.39 is 5.82 Å². The lowest BCUT2D eigenvalue weighted by atomic mass is 9.88. The van der Waals surface area contributed by atoms with Crippen LogP contribution in [-0.2, 0) is 6.54 Å². The van der Waals surface area contributed by atoms with Gasteiger partial charge < -0.3 is 4.90 Å². The first kappa shape index (κ1) is 21.8. The lowest BCUT2D eigenvalue weighted by Gasteiger charge is -2.29. The Morgan fingerprint density at radius 2 is 1.64 bits per heavy atom. The Labute approximate surface area is 193 Å². The maximum absolute atomic E-state index is 13.8. The fourth-order valence-corrected chi connectivity index (χ4v) is 5.03. The number of carbonyl (C=O) groups excluding carboxylic acids is 1. The Hall–Kier alpha value is -3.05. The van der Waals surface area contributed by atoms with Crippen LogP contribution in [0.5, 0.6) is 0 Å². The molecule has 170 valence electrons. The summed E-state index contributed by atoms with van der Waals surface area (Å²) in [5, 5.41) is 0. The van der Waals surface area contributed by atoms with E-state index in [4.69, 9.17) is 0 Å². The maximum atomic E-state index is 13.8. The molecule has 1 amide bonds. The lowest BCUT2D eigenvalue weighted by molar-refractivity contribution is 0.0710. The minimum Gasteiger partial charge on any atom is -0.335 e. The summed E-state index contributed by atoms with van der Waals surface area (Å²) in [4.78, 5) is 17.7. The van der Waals surface area contributed by atoms with Crippen molar-refractivity contribution in [1.82, 2.24) is 9.80 Å². The number of likely N-dealkylation sites (tertiary alicyclic amines) is 1. The van der Waals surface area contributed by atoms with E-state index in [1.165, 1.54) is 29.8 Å². The second kappa shape index (κ2) is 9.44. The Morgan fingerprint density at radius 3 is 2.33 bits per heavy atom. The third-order valence-electron chi connectivity index (χ3n) is 6.82. The molecule has 0 bridgehead atoms. The molecule has 2 fully saturated rings. The molecule has 5 rings (SSSR count). The summed E-state index contributed by atoms with van der Waals surface area (Å²) in [5.41, 5.74) is 2.76. The van der Waals surface area contributed by atoms with Crippen molar-refractivity contribution in [2.45, 2.75) is 31.3 Å². The van der Waals surface area contributed by atoms with Crippen molar-refractivity contribution in [2.24, 2.45) is 5.92 Å². The van der Waals surface area contributed by atoms with Crippen LogP contribution in [0.25, 0.3) is 0 Å². The number of carbonyl (C=O) groups is 1. The second-order valence-corrected chi connectivity index (χ2v) is 9.30. The van der Waals surface area contributed by atoms with Crippen LogP contribution in [0.15, 0.2) is 78.9 Å². The van der Waals surface area contributed by atoms with Crippen LogP contribution >= 0.6 is 0 Å². The first-order valence-corrected chi connectivity index (χ1v) is 11.6. The van der Waals surface area contributed by atoms with Crippen LogP contribution in [0.2, 0.25) is 0 Å². The summed E-state index contributed by atoms with van der Waals surface area (Å²) in [5.74, 6) is -0.310. The molecule has 1 saturated carbocycles. The van der Waals surface area contributed by atoms with Gasteiger partial charge >= 0.3 is 0 Å². The van der Waals surface area contributed by atoms with Gasteiger partial charge in [0.25, 0.3) is 5.91 Å². The molecule has 0 spiro atoms. The molecule has 3 aromatic rings. The molecule has 33 heavy (non-hydrogen) atoms. The number of halogens is 2. The zero-order valence-corrected chi connectivity index (χ0v) is 18.5. The number of hydrogen-bond acceptors (Lipinski definition) is 2. The van der Waals surface area contributed by atoms with Gasteiger partial charge in [0.2, 0.25) is 0 Å². The molecule has 3 aromatic carbocycles. The topological polar surface area (TPSA) is 23.6 Å². The molecule has 3 nitrogen and oxygen atoms in total. The van der Waals surface area contributed by atoms with Gasteiger partial charge in [-0.1, -0.05) is 48.5 Å². The van der Waals surface area contributed by atoms with Gasteiger partial charge in [0, 0.05) is 43.7 Å². The highest BCUT2D eigenvalue weighted by atomic mass is 19.1. The average molecular weight is 447 g/mol. The summed E-state index contributed by atoms with van der Waals surface area (Å²) in [6.45, 7) is 3.18. The minimum absolute atomic E-state index is 0.101. The molecular weight excluding hydrogens is 418 g/mol. The molecule has 1 heterocycles. The van der Waals surface area contributed by atoms with Gasteiger partial charge in [-0.15, -0.1) is 0 Å². The van der Waals surface area contributed by atoms with E-state index in [0.29, 0.717) is 12.1 Å². The molecule has 2 unspecified atom stereocenters. The molecular formula is C28H28F2N2O. The maximum Gasteiger partial charge on any atom is 0.254 e. The second-order valence-electron chi connectivity index (χ2n) is 9.30. The van der Waals surface area contributed by atoms with Crippen LogP contribution in [0.1, 0.15) is 40.2 Å². The number of rotatable bonds is 7. The first-order chi connectivity index (χ1) is 16.1. The number of nitrogens with zero attached hydrogens (tertiary/aromatic N) is 2. The third-order valence-corrected chi connectivity index (χ3v) is 6.82. The van der Waals surface area contributed by atoms with E-state index in [-0.39, 0.29) is 29.6 Å². The molecule has 2 aliphatic rings. The van der Waals surface area contributed by atoms with Crippen molar-refractivity contribution in [3.63, 3.8) is 0 Å². The summed E-state index contributed by atoms with van der Waals surface area (Å²) >= 11 is 0. The predicted octanol–water partition coefficient (Wildman–Crippen LogP) is 5.49. The van der Waals surface area contributed by atoms with Gasteiger partial charge in [0.15, 0.2) is 0 Å². The molecule has 1 saturated heterocycles. The van der Waals surface area contributed by atoms with Crippen LogP contribution in [-0.4, -0.2) is 41.4 Å². The average Bonchev–Trinajstić information content (AvgIpc) is 3.59. The molecule has 1 aliphatic heterocycles. The molecule has 2 atom stereocenters. The SMILES string of the molecule is O=C(c1cccc(F)c1)N(CC1CN(Cc2ccccc2)CC1c1ccc(F)cc1)C1CC1. The van der Waals surface area contributed by atoms with Crippen LogP contribution in [0.3, 0.4) is 0 Å². The molecule has 5 heteroatoms. The fourth-order valence-electron chi connectivity index (χ4n) is 5.03. The van der Waals surface area contributed by atoms with Gasteiger partial charge in [-0.25, -0.2) is 8.78 Å². The van der Waals surface area contributed by atoms with E-state index in [9.17, 15) is 13.6 Å². The van der Waals surface area contributed by atoms with Crippen molar-refractivity contribution in [3.8, 4) is 0 Å². The predicted molar refractivity (Wildman–Crippen MR) is 125 cm³/mol. The van der Waals surface area contributed by atoms with E-state index in [1.54, 1.807) is 12.1 Å². The van der Waals surface area contributed by atoms with E-state index in [2.05, 4.69) is 17.0 Å². The van der Waals surface area contributed by atoms with Crippen molar-refractivity contribution in [1.29, 1.82) is 0 Å². The first-order valence-electron chi connectivity index (χ1n) is 11.6. The zero-order chi connectivity index (χ0) is 22.8. The number of hydrogen-bond donors (Lipinski definition) is 0. The molecule has 1 aliphatic carbocycles. The fraction of sp³-hybridized carbons (Fsp3) is 0.321. The highest BCUT2D eigenvalue weighted by Gasteiger charge is 2.40. The summed E-state index contributed by atoms with van der Waals surface area (Å²) < 4.78 is 27.4. The lowest BCUT2D eigenvalue weighted by Crippen LogP contribution is -2.39. The van der Waals surface area contributed by atoms with E-state index >= 15 is 0 Å². The van der Waals surface area contributed by atoms with Crippen molar-refractivity contribution in [2.75, 3.05) is 19.6 Å². The van der Waals surface area contributed by atoms with Gasteiger partial charge in [0.1, 0.15) is 11.6 Å². The number of benzene rings is 3. The van der Waals surface area contributed by atoms with Gasteiger partial charge in [-0.2, -0.15) is 0 Å². The van der Waals surface area contributed by atoms with Gasteiger partial charge in [0.05, 0.1) is 0 Å². The monoisotopic (exact) mass is 446 g/mol. The van der Waals surface area contributed by atoms with Crippen LogP contribution in [0, 0.1) is 17.6 Å². The quantitative estimate of drug-likeness (QED) is 0.480. The van der Waals surface area contributed by atoms with Crippen molar-refractivity contribution < 1.29 is 13.6 Å². The Bertz CT molecular complexity index is 1100. The van der Waals surface area contributed by atoms with E-state index in [1.807, 2.05) is 35.2 Å². The standard InChI is InChI=1S/C28H28F2N2O/c29-24-11-9-21(10-12-24)27-19-31(16-20-5-2-1-3-6-20)17-23(27)18-32(26-13-14-26)28(33)22-7-4-8-25(30)15-22/h1-12,15,23,26-27H,13-14,16-19H2. The van der Waals surface area contributed by atoms with Gasteiger partial charge in [-0.05, 0) is 60.2 Å². The normalized spacial score (nSPS) is 20.7. The van der Waals surface area contributed by atoms with Crippen molar-refractivity contribution >= 4 is 5.91 Å². The third kappa shape index (κ3) is 5.14. The van der Waals surface area contributed by atoms with Crippen LogP contribution < -0.4 is 0 Å². The number of amides is 1.